The number of aromatic nitrogens is 2. The van der Waals surface area contributed by atoms with Crippen molar-refractivity contribution in [2.45, 2.75) is 13.5 Å². The number of hydrogen-bond acceptors (Lipinski definition) is 5. The molecule has 0 fully saturated rings. The lowest BCUT2D eigenvalue weighted by molar-refractivity contribution is 0.285. The predicted octanol–water partition coefficient (Wildman–Crippen LogP) is 1.88. The maximum atomic E-state index is 8.94. The van der Waals surface area contributed by atoms with Gasteiger partial charge in [-0.25, -0.2) is 4.98 Å². The van der Waals surface area contributed by atoms with Crippen molar-refractivity contribution in [1.29, 1.82) is 5.26 Å². The number of aliphatic hydroxyl groups excluding tert-OH is 1. The molecule has 0 aliphatic carbocycles. The van der Waals surface area contributed by atoms with Crippen molar-refractivity contribution >= 4 is 11.3 Å². The van der Waals surface area contributed by atoms with E-state index in [1.54, 1.807) is 12.4 Å². The summed E-state index contributed by atoms with van der Waals surface area (Å²) in [6, 6.07) is 3.90. The van der Waals surface area contributed by atoms with Gasteiger partial charge in [0, 0.05) is 12.4 Å². The lowest BCUT2D eigenvalue weighted by Crippen LogP contribution is -1.88. The molecule has 80 valence electrons. The SMILES string of the molecule is Cc1cc(-c2ncc(CO)s2)ncc1C#N. The molecule has 0 aliphatic rings. The maximum absolute atomic E-state index is 8.94. The van der Waals surface area contributed by atoms with Gasteiger partial charge in [-0.15, -0.1) is 11.3 Å². The van der Waals surface area contributed by atoms with E-state index in [9.17, 15) is 0 Å². The molecule has 0 aromatic carbocycles. The van der Waals surface area contributed by atoms with Gasteiger partial charge < -0.3 is 5.11 Å². The minimum atomic E-state index is -0.00702. The van der Waals surface area contributed by atoms with E-state index in [4.69, 9.17) is 10.4 Å². The monoisotopic (exact) mass is 231 g/mol. The van der Waals surface area contributed by atoms with E-state index in [2.05, 4.69) is 16.0 Å². The molecule has 0 spiro atoms. The Hall–Kier alpha value is -1.77. The van der Waals surface area contributed by atoms with Crippen LogP contribution in [-0.2, 0) is 6.61 Å². The van der Waals surface area contributed by atoms with Crippen LogP contribution < -0.4 is 0 Å². The largest absolute Gasteiger partial charge is 0.391 e. The summed E-state index contributed by atoms with van der Waals surface area (Å²) in [5.74, 6) is 0. The summed E-state index contributed by atoms with van der Waals surface area (Å²) in [6.45, 7) is 1.86. The van der Waals surface area contributed by atoms with Crippen LogP contribution in [0.25, 0.3) is 10.7 Å². The second-order valence-electron chi connectivity index (χ2n) is 3.29. The Morgan fingerprint density at radius 1 is 1.44 bits per heavy atom. The van der Waals surface area contributed by atoms with Crippen molar-refractivity contribution in [3.05, 3.63) is 34.5 Å². The van der Waals surface area contributed by atoms with E-state index in [0.29, 0.717) is 5.56 Å². The highest BCUT2D eigenvalue weighted by atomic mass is 32.1. The molecule has 0 amide bonds. The summed E-state index contributed by atoms with van der Waals surface area (Å²) in [7, 11) is 0. The number of pyridine rings is 1. The van der Waals surface area contributed by atoms with Crippen molar-refractivity contribution < 1.29 is 5.11 Å². The van der Waals surface area contributed by atoms with Gasteiger partial charge in [0.2, 0.25) is 0 Å². The van der Waals surface area contributed by atoms with Gasteiger partial charge in [-0.05, 0) is 18.6 Å². The number of thiazole rings is 1. The average molecular weight is 231 g/mol. The first-order valence-corrected chi connectivity index (χ1v) is 5.49. The highest BCUT2D eigenvalue weighted by molar-refractivity contribution is 7.14. The van der Waals surface area contributed by atoms with Crippen LogP contribution in [0.1, 0.15) is 16.0 Å². The lowest BCUT2D eigenvalue weighted by atomic mass is 10.1. The molecule has 0 atom stereocenters. The molecular formula is C11H9N3OS. The average Bonchev–Trinajstić information content (AvgIpc) is 2.77. The molecule has 0 aliphatic heterocycles. The van der Waals surface area contributed by atoms with Crippen molar-refractivity contribution in [2.75, 3.05) is 0 Å². The maximum Gasteiger partial charge on any atom is 0.142 e. The van der Waals surface area contributed by atoms with Gasteiger partial charge in [0.25, 0.3) is 0 Å². The molecule has 0 saturated carbocycles. The molecule has 2 rings (SSSR count). The smallest absolute Gasteiger partial charge is 0.142 e. The summed E-state index contributed by atoms with van der Waals surface area (Å²) in [5.41, 5.74) is 2.19. The quantitative estimate of drug-likeness (QED) is 0.856. The fourth-order valence-corrected chi connectivity index (χ4v) is 2.03. The molecule has 2 heterocycles. The summed E-state index contributed by atoms with van der Waals surface area (Å²) >= 11 is 1.40. The first-order chi connectivity index (χ1) is 7.74. The lowest BCUT2D eigenvalue weighted by Gasteiger charge is -1.99. The van der Waals surface area contributed by atoms with E-state index in [-0.39, 0.29) is 6.61 Å². The Balaban J connectivity index is 2.42. The van der Waals surface area contributed by atoms with Crippen LogP contribution >= 0.6 is 11.3 Å². The Labute approximate surface area is 96.8 Å². The summed E-state index contributed by atoms with van der Waals surface area (Å²) in [4.78, 5) is 9.14. The first kappa shape index (κ1) is 10.7. The van der Waals surface area contributed by atoms with Crippen LogP contribution in [0.5, 0.6) is 0 Å². The number of nitrogens with zero attached hydrogens (tertiary/aromatic N) is 3. The van der Waals surface area contributed by atoms with Crippen LogP contribution in [0.4, 0.5) is 0 Å². The van der Waals surface area contributed by atoms with Crippen LogP contribution in [-0.4, -0.2) is 15.1 Å². The fraction of sp³-hybridized carbons (Fsp3) is 0.182. The van der Waals surface area contributed by atoms with Gasteiger partial charge in [0.05, 0.1) is 22.7 Å². The van der Waals surface area contributed by atoms with Gasteiger partial charge in [-0.3, -0.25) is 4.98 Å². The molecule has 0 radical (unpaired) electrons. The molecule has 0 saturated heterocycles. The highest BCUT2D eigenvalue weighted by Crippen LogP contribution is 2.24. The molecule has 5 heteroatoms. The van der Waals surface area contributed by atoms with Crippen LogP contribution in [0, 0.1) is 18.3 Å². The Morgan fingerprint density at radius 2 is 2.25 bits per heavy atom. The van der Waals surface area contributed by atoms with Crippen LogP contribution in [0.3, 0.4) is 0 Å². The zero-order valence-electron chi connectivity index (χ0n) is 8.64. The summed E-state index contributed by atoms with van der Waals surface area (Å²) < 4.78 is 0. The van der Waals surface area contributed by atoms with Gasteiger partial charge in [-0.2, -0.15) is 5.26 Å². The second kappa shape index (κ2) is 4.39. The molecule has 2 aromatic rings. The van der Waals surface area contributed by atoms with Crippen molar-refractivity contribution in [3.8, 4) is 16.8 Å². The Bertz CT molecular complexity index is 557. The molecule has 4 nitrogen and oxygen atoms in total. The zero-order chi connectivity index (χ0) is 11.5. The molecular weight excluding hydrogens is 222 g/mol. The second-order valence-corrected chi connectivity index (χ2v) is 4.40. The van der Waals surface area contributed by atoms with Crippen molar-refractivity contribution in [2.24, 2.45) is 0 Å². The third kappa shape index (κ3) is 1.94. The van der Waals surface area contributed by atoms with E-state index < -0.39 is 0 Å². The van der Waals surface area contributed by atoms with Crippen molar-refractivity contribution in [3.63, 3.8) is 0 Å². The van der Waals surface area contributed by atoms with Gasteiger partial charge in [0.15, 0.2) is 0 Å². The van der Waals surface area contributed by atoms with E-state index in [0.717, 1.165) is 21.1 Å². The molecule has 2 aromatic heterocycles. The van der Waals surface area contributed by atoms with E-state index in [1.165, 1.54) is 11.3 Å². The fourth-order valence-electron chi connectivity index (χ4n) is 1.29. The topological polar surface area (TPSA) is 69.8 Å². The van der Waals surface area contributed by atoms with Crippen LogP contribution in [0.15, 0.2) is 18.5 Å². The number of rotatable bonds is 2. The molecule has 1 N–H and O–H groups in total. The molecule has 16 heavy (non-hydrogen) atoms. The van der Waals surface area contributed by atoms with Crippen molar-refractivity contribution in [1.82, 2.24) is 9.97 Å². The molecule has 0 bridgehead atoms. The third-order valence-corrected chi connectivity index (χ3v) is 3.16. The number of nitriles is 1. The zero-order valence-corrected chi connectivity index (χ0v) is 9.45. The summed E-state index contributed by atoms with van der Waals surface area (Å²) in [6.07, 6.45) is 3.18. The molecule has 0 unspecified atom stereocenters. The van der Waals surface area contributed by atoms with Gasteiger partial charge >= 0.3 is 0 Å². The Morgan fingerprint density at radius 3 is 2.81 bits per heavy atom. The number of aliphatic hydroxyl groups is 1. The van der Waals surface area contributed by atoms with Crippen LogP contribution in [0.2, 0.25) is 0 Å². The predicted molar refractivity (Wildman–Crippen MR) is 60.7 cm³/mol. The third-order valence-electron chi connectivity index (χ3n) is 2.16. The van der Waals surface area contributed by atoms with Gasteiger partial charge in [0.1, 0.15) is 11.1 Å². The number of aryl methyl sites for hydroxylation is 1. The highest BCUT2D eigenvalue weighted by Gasteiger charge is 2.07. The standard InChI is InChI=1S/C11H9N3OS/c1-7-2-10(13-4-8(7)3-12)11-14-5-9(6-15)16-11/h2,4-5,15H,6H2,1H3. The Kier molecular flexibility index (Phi) is 2.95. The minimum absolute atomic E-state index is 0.00702. The first-order valence-electron chi connectivity index (χ1n) is 4.67. The van der Waals surface area contributed by atoms with E-state index in [1.807, 2.05) is 13.0 Å². The number of hydrogen-bond donors (Lipinski definition) is 1. The normalized spacial score (nSPS) is 10.1. The van der Waals surface area contributed by atoms with Gasteiger partial charge in [-0.1, -0.05) is 0 Å². The minimum Gasteiger partial charge on any atom is -0.391 e. The van der Waals surface area contributed by atoms with E-state index >= 15 is 0 Å². The summed E-state index contributed by atoms with van der Waals surface area (Å²) in [5, 5.41) is 18.5.